The van der Waals surface area contributed by atoms with Gasteiger partial charge >= 0.3 is 0 Å². The Hall–Kier alpha value is -3.31. The first-order valence-electron chi connectivity index (χ1n) is 10.3. The lowest BCUT2D eigenvalue weighted by molar-refractivity contribution is 0.174. The van der Waals surface area contributed by atoms with Crippen molar-refractivity contribution in [3.05, 3.63) is 30.9 Å². The molecule has 1 aliphatic heterocycles. The van der Waals surface area contributed by atoms with Crippen LogP contribution in [0.25, 0.3) is 22.3 Å². The first-order chi connectivity index (χ1) is 15.6. The van der Waals surface area contributed by atoms with Gasteiger partial charge in [0.15, 0.2) is 33.6 Å². The number of hydrogen-bond acceptors (Lipinski definition) is 10. The summed E-state index contributed by atoms with van der Waals surface area (Å²) in [6.45, 7) is 6.08. The molecule has 0 spiro atoms. The predicted molar refractivity (Wildman–Crippen MR) is 120 cm³/mol. The van der Waals surface area contributed by atoms with Crippen LogP contribution in [0.1, 0.15) is 20.3 Å². The third kappa shape index (κ3) is 3.96. The molecule has 0 unspecified atom stereocenters. The maximum atomic E-state index is 6.10. The number of ether oxygens (including phenoxy) is 2. The highest BCUT2D eigenvalue weighted by Crippen LogP contribution is 2.44. The van der Waals surface area contributed by atoms with Crippen molar-refractivity contribution in [2.24, 2.45) is 0 Å². The molecule has 1 aromatic carbocycles. The third-order valence-electron chi connectivity index (χ3n) is 5.06. The van der Waals surface area contributed by atoms with E-state index in [1.807, 2.05) is 12.1 Å². The molecule has 32 heavy (non-hydrogen) atoms. The summed E-state index contributed by atoms with van der Waals surface area (Å²) in [5.41, 5.74) is 9.18. The van der Waals surface area contributed by atoms with Crippen molar-refractivity contribution in [2.45, 2.75) is 42.9 Å². The standard InChI is InChI=1S/C21H23N7O3S/c1-12(2)23-4-3-5-28-20-18(19(22)24-10-25-20)27-21(28)32-17-7-16-15(29-11-30-16)6-14(17)13-8-26-31-9-13/h6-10,12,23H,3-5,11H2,1-2H3,(H2,22,24,25). The molecule has 166 valence electrons. The lowest BCUT2D eigenvalue weighted by atomic mass is 10.1. The number of nitrogen functional groups attached to an aromatic ring is 1. The number of benzene rings is 1. The van der Waals surface area contributed by atoms with E-state index in [9.17, 15) is 0 Å². The highest BCUT2D eigenvalue weighted by molar-refractivity contribution is 7.99. The van der Waals surface area contributed by atoms with Crippen LogP contribution in [0.4, 0.5) is 5.82 Å². The van der Waals surface area contributed by atoms with Crippen LogP contribution in [-0.4, -0.2) is 44.1 Å². The maximum absolute atomic E-state index is 6.10. The summed E-state index contributed by atoms with van der Waals surface area (Å²) in [5, 5.41) is 8.07. The molecule has 0 radical (unpaired) electrons. The number of rotatable bonds is 8. The molecule has 1 aliphatic rings. The number of nitrogens with zero attached hydrogens (tertiary/aromatic N) is 5. The summed E-state index contributed by atoms with van der Waals surface area (Å²) >= 11 is 1.51. The Morgan fingerprint density at radius 1 is 1.22 bits per heavy atom. The minimum atomic E-state index is 0.194. The zero-order valence-corrected chi connectivity index (χ0v) is 18.6. The lowest BCUT2D eigenvalue weighted by Crippen LogP contribution is -2.24. The summed E-state index contributed by atoms with van der Waals surface area (Å²) in [7, 11) is 0. The molecule has 5 rings (SSSR count). The Morgan fingerprint density at radius 3 is 2.84 bits per heavy atom. The minimum absolute atomic E-state index is 0.194. The van der Waals surface area contributed by atoms with Gasteiger partial charge in [0, 0.05) is 28.6 Å². The van der Waals surface area contributed by atoms with Crippen LogP contribution in [0.15, 0.2) is 45.5 Å². The van der Waals surface area contributed by atoms with E-state index in [1.54, 1.807) is 12.5 Å². The van der Waals surface area contributed by atoms with Crippen LogP contribution in [0, 0.1) is 0 Å². The quantitative estimate of drug-likeness (QED) is 0.384. The number of aryl methyl sites for hydroxylation is 1. The molecule has 4 heterocycles. The van der Waals surface area contributed by atoms with Crippen LogP contribution in [0.5, 0.6) is 11.5 Å². The molecule has 4 aromatic rings. The van der Waals surface area contributed by atoms with Crippen molar-refractivity contribution in [1.82, 2.24) is 30.0 Å². The normalized spacial score (nSPS) is 12.8. The van der Waals surface area contributed by atoms with E-state index in [4.69, 9.17) is 24.7 Å². The largest absolute Gasteiger partial charge is 0.454 e. The molecule has 0 amide bonds. The minimum Gasteiger partial charge on any atom is -0.454 e. The van der Waals surface area contributed by atoms with Gasteiger partial charge in [0.05, 0.1) is 6.20 Å². The van der Waals surface area contributed by atoms with E-state index in [-0.39, 0.29) is 6.79 Å². The van der Waals surface area contributed by atoms with Gasteiger partial charge in [0.2, 0.25) is 6.79 Å². The summed E-state index contributed by atoms with van der Waals surface area (Å²) in [4.78, 5) is 14.3. The number of anilines is 1. The predicted octanol–water partition coefficient (Wildman–Crippen LogP) is 3.33. The zero-order valence-electron chi connectivity index (χ0n) is 17.7. The summed E-state index contributed by atoms with van der Waals surface area (Å²) < 4.78 is 18.3. The van der Waals surface area contributed by atoms with Crippen molar-refractivity contribution >= 4 is 28.7 Å². The van der Waals surface area contributed by atoms with Gasteiger partial charge in [-0.05, 0) is 25.1 Å². The van der Waals surface area contributed by atoms with Gasteiger partial charge in [0.25, 0.3) is 0 Å². The van der Waals surface area contributed by atoms with Crippen LogP contribution in [-0.2, 0) is 6.54 Å². The molecule has 0 saturated carbocycles. The number of nitrogens with two attached hydrogens (primary N) is 1. The van der Waals surface area contributed by atoms with E-state index in [2.05, 4.69) is 38.9 Å². The molecule has 0 bridgehead atoms. The highest BCUT2D eigenvalue weighted by Gasteiger charge is 2.22. The number of imidazole rings is 1. The van der Waals surface area contributed by atoms with Crippen molar-refractivity contribution in [3.63, 3.8) is 0 Å². The Bertz CT molecular complexity index is 1240. The van der Waals surface area contributed by atoms with Gasteiger partial charge in [-0.1, -0.05) is 30.8 Å². The monoisotopic (exact) mass is 453 g/mol. The van der Waals surface area contributed by atoms with E-state index in [1.165, 1.54) is 18.1 Å². The molecular weight excluding hydrogens is 430 g/mol. The summed E-state index contributed by atoms with van der Waals surface area (Å²) in [5.74, 6) is 1.74. The molecule has 0 saturated heterocycles. The Labute approximate surface area is 188 Å². The van der Waals surface area contributed by atoms with Gasteiger partial charge in [-0.3, -0.25) is 0 Å². The number of hydrogen-bond donors (Lipinski definition) is 2. The van der Waals surface area contributed by atoms with Crippen molar-refractivity contribution in [1.29, 1.82) is 0 Å². The molecular formula is C21H23N7O3S. The van der Waals surface area contributed by atoms with E-state index in [0.717, 1.165) is 46.3 Å². The van der Waals surface area contributed by atoms with Crippen LogP contribution >= 0.6 is 11.8 Å². The third-order valence-corrected chi connectivity index (χ3v) is 6.11. The molecule has 3 N–H and O–H groups in total. The smallest absolute Gasteiger partial charge is 0.231 e. The average molecular weight is 454 g/mol. The zero-order chi connectivity index (χ0) is 22.1. The van der Waals surface area contributed by atoms with Gasteiger partial charge in [-0.2, -0.15) is 0 Å². The topological polar surface area (TPSA) is 126 Å². The first-order valence-corrected chi connectivity index (χ1v) is 11.1. The fourth-order valence-electron chi connectivity index (χ4n) is 3.51. The molecule has 0 atom stereocenters. The van der Waals surface area contributed by atoms with Crippen molar-refractivity contribution in [2.75, 3.05) is 19.1 Å². The average Bonchev–Trinajstić information content (AvgIpc) is 3.51. The van der Waals surface area contributed by atoms with Crippen LogP contribution in [0.3, 0.4) is 0 Å². The van der Waals surface area contributed by atoms with Gasteiger partial charge in [-0.15, -0.1) is 0 Å². The second-order valence-corrected chi connectivity index (χ2v) is 8.67. The summed E-state index contributed by atoms with van der Waals surface area (Å²) in [6.07, 6.45) is 5.66. The first kappa shape index (κ1) is 20.6. The van der Waals surface area contributed by atoms with Gasteiger partial charge < -0.3 is 29.6 Å². The maximum Gasteiger partial charge on any atom is 0.231 e. The van der Waals surface area contributed by atoms with Crippen molar-refractivity contribution in [3.8, 4) is 22.6 Å². The van der Waals surface area contributed by atoms with Crippen molar-refractivity contribution < 1.29 is 14.0 Å². The molecule has 11 heteroatoms. The van der Waals surface area contributed by atoms with E-state index >= 15 is 0 Å². The molecule has 0 aliphatic carbocycles. The fourth-order valence-corrected chi connectivity index (χ4v) is 4.59. The summed E-state index contributed by atoms with van der Waals surface area (Å²) in [6, 6.07) is 4.32. The molecule has 3 aromatic heterocycles. The Morgan fingerprint density at radius 2 is 2.06 bits per heavy atom. The highest BCUT2D eigenvalue weighted by atomic mass is 32.2. The van der Waals surface area contributed by atoms with Gasteiger partial charge in [-0.25, -0.2) is 15.0 Å². The van der Waals surface area contributed by atoms with E-state index in [0.29, 0.717) is 28.9 Å². The fraction of sp³-hybridized carbons (Fsp3) is 0.333. The Balaban J connectivity index is 1.54. The molecule has 10 nitrogen and oxygen atoms in total. The number of fused-ring (bicyclic) bond motifs is 2. The second kappa shape index (κ2) is 8.67. The molecule has 0 fully saturated rings. The Kier molecular flexibility index (Phi) is 5.58. The lowest BCUT2D eigenvalue weighted by Gasteiger charge is -2.12. The van der Waals surface area contributed by atoms with E-state index < -0.39 is 0 Å². The SMILES string of the molecule is CC(C)NCCCn1c(Sc2cc3c(cc2-c2cnoc2)OCO3)nc2c(N)ncnc21. The number of aromatic nitrogens is 5. The second-order valence-electron chi connectivity index (χ2n) is 7.66. The van der Waals surface area contributed by atoms with Crippen LogP contribution < -0.4 is 20.5 Å². The van der Waals surface area contributed by atoms with Gasteiger partial charge in [0.1, 0.15) is 12.6 Å². The number of nitrogens with one attached hydrogen (secondary N) is 1. The van der Waals surface area contributed by atoms with Crippen LogP contribution in [0.2, 0.25) is 0 Å².